The number of carbonyl (C=O) groups excluding carboxylic acids is 2. The van der Waals surface area contributed by atoms with Crippen molar-refractivity contribution in [1.29, 1.82) is 0 Å². The highest BCUT2D eigenvalue weighted by molar-refractivity contribution is 5.97. The summed E-state index contributed by atoms with van der Waals surface area (Å²) in [7, 11) is 0. The van der Waals surface area contributed by atoms with Gasteiger partial charge in [-0.2, -0.15) is 0 Å². The number of carboxylic acid groups (broad SMARTS) is 1. The van der Waals surface area contributed by atoms with Crippen LogP contribution in [0, 0.1) is 0 Å². The number of aliphatic hydroxyl groups is 1. The summed E-state index contributed by atoms with van der Waals surface area (Å²) in [4.78, 5) is 34.6. The Hall–Kier alpha value is -2.69. The van der Waals surface area contributed by atoms with E-state index >= 15 is 0 Å². The van der Waals surface area contributed by atoms with E-state index in [1.54, 1.807) is 6.07 Å². The molecule has 1 fully saturated rings. The van der Waals surface area contributed by atoms with Gasteiger partial charge < -0.3 is 35.5 Å². The van der Waals surface area contributed by atoms with Crippen molar-refractivity contribution in [3.05, 3.63) is 29.3 Å². The molecule has 2 unspecified atom stereocenters. The number of hydrogen-bond acceptors (Lipinski definition) is 8. The van der Waals surface area contributed by atoms with E-state index in [0.29, 0.717) is 5.56 Å². The van der Waals surface area contributed by atoms with Gasteiger partial charge in [0, 0.05) is 32.9 Å². The number of rotatable bonds is 8. The van der Waals surface area contributed by atoms with Crippen LogP contribution in [0.25, 0.3) is 0 Å². The van der Waals surface area contributed by atoms with Crippen LogP contribution >= 0.6 is 0 Å². The smallest absolute Gasteiger partial charge is 0.333 e. The third-order valence-electron chi connectivity index (χ3n) is 3.96. The summed E-state index contributed by atoms with van der Waals surface area (Å²) in [5, 5.41) is 21.6. The van der Waals surface area contributed by atoms with Crippen molar-refractivity contribution in [1.82, 2.24) is 5.32 Å². The number of nitrogens with two attached hydrogens (primary N) is 1. The van der Waals surface area contributed by atoms with Crippen LogP contribution in [0.5, 0.6) is 5.75 Å². The molecule has 1 saturated heterocycles. The van der Waals surface area contributed by atoms with Gasteiger partial charge in [0.25, 0.3) is 5.91 Å². The molecule has 0 spiro atoms. The Labute approximate surface area is 161 Å². The molecule has 5 N–H and O–H groups in total. The van der Waals surface area contributed by atoms with Crippen molar-refractivity contribution in [3.63, 3.8) is 0 Å². The summed E-state index contributed by atoms with van der Waals surface area (Å²) >= 11 is 0. The van der Waals surface area contributed by atoms with Crippen molar-refractivity contribution in [2.75, 3.05) is 13.1 Å². The lowest BCUT2D eigenvalue weighted by Gasteiger charge is -2.31. The first-order valence-corrected chi connectivity index (χ1v) is 8.77. The molecule has 0 radical (unpaired) electrons. The van der Waals surface area contributed by atoms with E-state index in [1.165, 1.54) is 19.1 Å². The van der Waals surface area contributed by atoms with Crippen molar-refractivity contribution >= 4 is 17.8 Å². The number of aliphatic carboxylic acids is 1. The molecule has 0 bridgehead atoms. The molecule has 0 saturated carbocycles. The molecular weight excluding hydrogens is 372 g/mol. The molecule has 2 rings (SSSR count). The minimum Gasteiger partial charge on any atom is -0.479 e. The van der Waals surface area contributed by atoms with E-state index in [9.17, 15) is 19.5 Å². The molecule has 1 heterocycles. The van der Waals surface area contributed by atoms with Crippen LogP contribution in [-0.2, 0) is 25.7 Å². The monoisotopic (exact) mass is 396 g/mol. The summed E-state index contributed by atoms with van der Waals surface area (Å²) in [6.45, 7) is 1.74. The van der Waals surface area contributed by atoms with Crippen LogP contribution in [0.1, 0.15) is 35.7 Å². The number of carbonyl (C=O) groups is 3. The Morgan fingerprint density at radius 1 is 1.32 bits per heavy atom. The Morgan fingerprint density at radius 2 is 2.07 bits per heavy atom. The Morgan fingerprint density at radius 3 is 2.71 bits per heavy atom. The second kappa shape index (κ2) is 10.0. The molecular formula is C18H24N2O8. The Balaban J connectivity index is 2.21. The molecule has 1 amide bonds. The number of amides is 1. The van der Waals surface area contributed by atoms with Crippen LogP contribution in [0.3, 0.4) is 0 Å². The van der Waals surface area contributed by atoms with E-state index < -0.39 is 36.3 Å². The highest BCUT2D eigenvalue weighted by atomic mass is 16.7. The standard InChI is InChI=1S/C18H24N2O8/c1-10(21)26-9-11-2-3-14(13(6-11)17(23)20-5-4-19)27-16-8-12(22)7-15(28-16)18(24)25/h2-3,6,12,15-16,22H,4-5,7-9,19H2,1H3,(H,20,23)(H,24,25)/t12?,15-,16?/m0/s1. The van der Waals surface area contributed by atoms with Crippen LogP contribution in [-0.4, -0.2) is 59.6 Å². The van der Waals surface area contributed by atoms with E-state index in [1.807, 2.05) is 0 Å². The molecule has 1 aromatic carbocycles. The van der Waals surface area contributed by atoms with Crippen molar-refractivity contribution in [2.45, 2.75) is 44.9 Å². The maximum atomic E-state index is 12.5. The fourth-order valence-corrected chi connectivity index (χ4v) is 2.65. The average Bonchev–Trinajstić information content (AvgIpc) is 2.64. The fourth-order valence-electron chi connectivity index (χ4n) is 2.65. The van der Waals surface area contributed by atoms with Gasteiger partial charge in [0.1, 0.15) is 12.4 Å². The van der Waals surface area contributed by atoms with E-state index in [0.717, 1.165) is 0 Å². The molecule has 0 aromatic heterocycles. The third kappa shape index (κ3) is 6.19. The highest BCUT2D eigenvalue weighted by Crippen LogP contribution is 2.27. The van der Waals surface area contributed by atoms with Gasteiger partial charge in [-0.25, -0.2) is 4.79 Å². The third-order valence-corrected chi connectivity index (χ3v) is 3.96. The number of hydrogen-bond donors (Lipinski definition) is 4. The van der Waals surface area contributed by atoms with E-state index in [4.69, 9.17) is 25.1 Å². The molecule has 154 valence electrons. The second-order valence-corrected chi connectivity index (χ2v) is 6.29. The second-order valence-electron chi connectivity index (χ2n) is 6.29. The summed E-state index contributed by atoms with van der Waals surface area (Å²) in [5.74, 6) is -1.98. The summed E-state index contributed by atoms with van der Waals surface area (Å²) in [6.07, 6.45) is -3.13. The van der Waals surface area contributed by atoms with Gasteiger partial charge >= 0.3 is 11.9 Å². The minimum absolute atomic E-state index is 0.0213. The predicted octanol–water partition coefficient (Wildman–Crippen LogP) is -0.232. The number of ether oxygens (including phenoxy) is 3. The summed E-state index contributed by atoms with van der Waals surface area (Å²) in [6, 6.07) is 4.60. The summed E-state index contributed by atoms with van der Waals surface area (Å²) < 4.78 is 16.0. The first-order valence-electron chi connectivity index (χ1n) is 8.77. The molecule has 10 nitrogen and oxygen atoms in total. The van der Waals surface area contributed by atoms with Gasteiger partial charge in [-0.05, 0) is 17.7 Å². The highest BCUT2D eigenvalue weighted by Gasteiger charge is 2.34. The molecule has 1 aliphatic heterocycles. The van der Waals surface area contributed by atoms with E-state index in [2.05, 4.69) is 5.32 Å². The van der Waals surface area contributed by atoms with Gasteiger partial charge in [-0.3, -0.25) is 9.59 Å². The minimum atomic E-state index is -1.20. The van der Waals surface area contributed by atoms with Crippen LogP contribution < -0.4 is 15.8 Å². The first kappa shape index (κ1) is 21.6. The molecule has 1 aromatic rings. The van der Waals surface area contributed by atoms with Gasteiger partial charge in [0.05, 0.1) is 11.7 Å². The van der Waals surface area contributed by atoms with Crippen LogP contribution in [0.4, 0.5) is 0 Å². The van der Waals surface area contributed by atoms with Crippen molar-refractivity contribution < 1.29 is 38.8 Å². The lowest BCUT2D eigenvalue weighted by Crippen LogP contribution is -2.42. The number of carboxylic acids is 1. The topological polar surface area (TPSA) is 157 Å². The average molecular weight is 396 g/mol. The number of nitrogens with one attached hydrogen (secondary N) is 1. The molecule has 1 aliphatic rings. The predicted molar refractivity (Wildman–Crippen MR) is 95.5 cm³/mol. The number of aliphatic hydroxyl groups excluding tert-OH is 1. The van der Waals surface area contributed by atoms with Gasteiger partial charge in [-0.1, -0.05) is 6.07 Å². The zero-order chi connectivity index (χ0) is 20.7. The van der Waals surface area contributed by atoms with Crippen molar-refractivity contribution in [2.24, 2.45) is 5.73 Å². The normalized spacial score (nSPS) is 21.6. The largest absolute Gasteiger partial charge is 0.479 e. The van der Waals surface area contributed by atoms with Gasteiger partial charge in [0.15, 0.2) is 6.10 Å². The number of benzene rings is 1. The first-order chi connectivity index (χ1) is 13.3. The lowest BCUT2D eigenvalue weighted by atomic mass is 10.0. The number of esters is 1. The Kier molecular flexibility index (Phi) is 7.73. The van der Waals surface area contributed by atoms with Crippen molar-refractivity contribution in [3.8, 4) is 5.75 Å². The van der Waals surface area contributed by atoms with Gasteiger partial charge in [-0.15, -0.1) is 0 Å². The molecule has 3 atom stereocenters. The van der Waals surface area contributed by atoms with Crippen LogP contribution in [0.2, 0.25) is 0 Å². The van der Waals surface area contributed by atoms with E-state index in [-0.39, 0.29) is 43.9 Å². The molecule has 28 heavy (non-hydrogen) atoms. The van der Waals surface area contributed by atoms with Crippen LogP contribution in [0.15, 0.2) is 18.2 Å². The lowest BCUT2D eigenvalue weighted by molar-refractivity contribution is -0.195. The SMILES string of the molecule is CC(=O)OCc1ccc(OC2CC(O)C[C@@H](C(=O)O)O2)c(C(=O)NCCN)c1. The maximum absolute atomic E-state index is 12.5. The molecule has 0 aliphatic carbocycles. The zero-order valence-electron chi connectivity index (χ0n) is 15.4. The summed E-state index contributed by atoms with van der Waals surface area (Å²) in [5.41, 5.74) is 6.12. The quantitative estimate of drug-likeness (QED) is 0.436. The maximum Gasteiger partial charge on any atom is 0.333 e. The zero-order valence-corrected chi connectivity index (χ0v) is 15.4. The molecule has 10 heteroatoms. The van der Waals surface area contributed by atoms with Gasteiger partial charge in [0.2, 0.25) is 6.29 Å². The Bertz CT molecular complexity index is 724. The fraction of sp³-hybridized carbons (Fsp3) is 0.500.